The summed E-state index contributed by atoms with van der Waals surface area (Å²) in [4.78, 5) is 19.7. The van der Waals surface area contributed by atoms with Crippen LogP contribution in [0.5, 0.6) is 11.5 Å². The molecule has 0 N–H and O–H groups in total. The fraction of sp³-hybridized carbons (Fsp3) is 0.667. The highest BCUT2D eigenvalue weighted by molar-refractivity contribution is 5.82. The van der Waals surface area contributed by atoms with Crippen LogP contribution in [0, 0.1) is 0 Å². The predicted octanol–water partition coefficient (Wildman–Crippen LogP) is 2.22. The lowest BCUT2D eigenvalue weighted by molar-refractivity contribution is -0.138. The van der Waals surface area contributed by atoms with Crippen molar-refractivity contribution in [2.24, 2.45) is 0 Å². The predicted molar refractivity (Wildman–Crippen MR) is 106 cm³/mol. The topological polar surface area (TPSA) is 45.3 Å². The summed E-state index contributed by atoms with van der Waals surface area (Å²) in [5, 5.41) is 0. The maximum atomic E-state index is 13.0. The third kappa shape index (κ3) is 4.93. The van der Waals surface area contributed by atoms with E-state index >= 15 is 0 Å². The largest absolute Gasteiger partial charge is 0.497 e. The van der Waals surface area contributed by atoms with Crippen molar-refractivity contribution in [1.29, 1.82) is 0 Å². The quantitative estimate of drug-likeness (QED) is 0.790. The molecule has 150 valence electrons. The van der Waals surface area contributed by atoms with E-state index in [4.69, 9.17) is 9.47 Å². The molecule has 1 unspecified atom stereocenters. The molecule has 2 fully saturated rings. The molecule has 3 rings (SSSR count). The molecule has 0 bridgehead atoms. The molecule has 0 spiro atoms. The maximum Gasteiger partial charge on any atom is 0.240 e. The number of rotatable bonds is 5. The Hall–Kier alpha value is -1.79. The van der Waals surface area contributed by atoms with E-state index in [1.165, 1.54) is 12.8 Å². The van der Waals surface area contributed by atoms with Crippen LogP contribution in [0.25, 0.3) is 0 Å². The van der Waals surface area contributed by atoms with E-state index in [0.29, 0.717) is 5.91 Å². The Morgan fingerprint density at radius 3 is 2.52 bits per heavy atom. The monoisotopic (exact) mass is 375 g/mol. The molecule has 6 heteroatoms. The maximum absolute atomic E-state index is 13.0. The molecular formula is C21H33N3O3. The smallest absolute Gasteiger partial charge is 0.240 e. The second-order valence-corrected chi connectivity index (χ2v) is 7.62. The second kappa shape index (κ2) is 9.42. The summed E-state index contributed by atoms with van der Waals surface area (Å²) in [7, 11) is 5.48. The fourth-order valence-corrected chi connectivity index (χ4v) is 4.15. The molecule has 1 aromatic rings. The van der Waals surface area contributed by atoms with Gasteiger partial charge in [0.1, 0.15) is 11.5 Å². The first-order valence-corrected chi connectivity index (χ1v) is 10.0. The number of likely N-dealkylation sites (tertiary alicyclic amines) is 1. The summed E-state index contributed by atoms with van der Waals surface area (Å²) in [6.45, 7) is 5.23. The Morgan fingerprint density at radius 2 is 1.81 bits per heavy atom. The van der Waals surface area contributed by atoms with E-state index in [-0.39, 0.29) is 6.04 Å². The molecule has 0 radical (unpaired) electrons. The molecule has 0 aliphatic carbocycles. The van der Waals surface area contributed by atoms with E-state index in [1.54, 1.807) is 14.2 Å². The van der Waals surface area contributed by atoms with Crippen molar-refractivity contribution >= 4 is 5.91 Å². The number of carbonyl (C=O) groups excluding carboxylic acids is 1. The fourth-order valence-electron chi connectivity index (χ4n) is 4.15. The van der Waals surface area contributed by atoms with Crippen molar-refractivity contribution in [1.82, 2.24) is 14.7 Å². The Bertz CT molecular complexity index is 629. The zero-order valence-electron chi connectivity index (χ0n) is 16.9. The van der Waals surface area contributed by atoms with Gasteiger partial charge >= 0.3 is 0 Å². The van der Waals surface area contributed by atoms with Gasteiger partial charge in [0.15, 0.2) is 0 Å². The minimum Gasteiger partial charge on any atom is -0.497 e. The van der Waals surface area contributed by atoms with Crippen LogP contribution >= 0.6 is 0 Å². The van der Waals surface area contributed by atoms with Crippen LogP contribution in [-0.2, 0) is 11.3 Å². The van der Waals surface area contributed by atoms with Crippen LogP contribution in [0.1, 0.15) is 31.2 Å². The lowest BCUT2D eigenvalue weighted by Gasteiger charge is -2.38. The van der Waals surface area contributed by atoms with Crippen molar-refractivity contribution in [2.45, 2.75) is 38.3 Å². The van der Waals surface area contributed by atoms with Crippen LogP contribution in [0.4, 0.5) is 0 Å². The lowest BCUT2D eigenvalue weighted by Crippen LogP contribution is -2.54. The number of likely N-dealkylation sites (N-methyl/N-ethyl adjacent to an activating group) is 1. The summed E-state index contributed by atoms with van der Waals surface area (Å²) in [5.41, 5.74) is 1.13. The van der Waals surface area contributed by atoms with Crippen LogP contribution in [0.2, 0.25) is 0 Å². The zero-order valence-corrected chi connectivity index (χ0v) is 16.9. The SMILES string of the molecule is COc1ccc(OC)c(CN2CCN(C(=O)C3CCCCCN3C)CC2)c1. The molecule has 0 aromatic heterocycles. The zero-order chi connectivity index (χ0) is 19.2. The van der Waals surface area contributed by atoms with Gasteiger partial charge in [-0.25, -0.2) is 0 Å². The summed E-state index contributed by atoms with van der Waals surface area (Å²) >= 11 is 0. The van der Waals surface area contributed by atoms with E-state index in [0.717, 1.165) is 69.2 Å². The number of piperazine rings is 1. The number of methoxy groups -OCH3 is 2. The van der Waals surface area contributed by atoms with Gasteiger partial charge in [-0.05, 0) is 44.6 Å². The first-order valence-electron chi connectivity index (χ1n) is 10.0. The normalized spacial score (nSPS) is 22.3. The van der Waals surface area contributed by atoms with Gasteiger partial charge < -0.3 is 14.4 Å². The molecule has 2 aliphatic heterocycles. The number of nitrogens with zero attached hydrogens (tertiary/aromatic N) is 3. The number of benzene rings is 1. The lowest BCUT2D eigenvalue weighted by atomic mass is 10.1. The number of carbonyl (C=O) groups is 1. The van der Waals surface area contributed by atoms with E-state index in [1.807, 2.05) is 18.2 Å². The highest BCUT2D eigenvalue weighted by Crippen LogP contribution is 2.26. The number of ether oxygens (including phenoxy) is 2. The van der Waals surface area contributed by atoms with Crippen molar-refractivity contribution in [3.05, 3.63) is 23.8 Å². The summed E-state index contributed by atoms with van der Waals surface area (Å²) in [6, 6.07) is 5.98. The van der Waals surface area contributed by atoms with Gasteiger partial charge in [0.25, 0.3) is 0 Å². The van der Waals surface area contributed by atoms with E-state index in [9.17, 15) is 4.79 Å². The van der Waals surface area contributed by atoms with Crippen molar-refractivity contribution in [3.63, 3.8) is 0 Å². The minimum atomic E-state index is 0.0672. The molecule has 1 atom stereocenters. The Morgan fingerprint density at radius 1 is 1.04 bits per heavy atom. The molecule has 2 heterocycles. The van der Waals surface area contributed by atoms with Crippen LogP contribution in [0.3, 0.4) is 0 Å². The Labute approximate surface area is 163 Å². The first-order chi connectivity index (χ1) is 13.1. The van der Waals surface area contributed by atoms with Gasteiger partial charge in [-0.3, -0.25) is 14.6 Å². The molecular weight excluding hydrogens is 342 g/mol. The number of hydrogen-bond acceptors (Lipinski definition) is 5. The van der Waals surface area contributed by atoms with Crippen LogP contribution in [0.15, 0.2) is 18.2 Å². The van der Waals surface area contributed by atoms with Crippen LogP contribution < -0.4 is 9.47 Å². The van der Waals surface area contributed by atoms with Crippen molar-refractivity contribution in [3.8, 4) is 11.5 Å². The molecule has 2 aliphatic rings. The van der Waals surface area contributed by atoms with Crippen molar-refractivity contribution < 1.29 is 14.3 Å². The molecule has 0 saturated carbocycles. The van der Waals surface area contributed by atoms with Gasteiger partial charge in [0.2, 0.25) is 5.91 Å². The summed E-state index contributed by atoms with van der Waals surface area (Å²) in [5.74, 6) is 2.04. The highest BCUT2D eigenvalue weighted by atomic mass is 16.5. The molecule has 27 heavy (non-hydrogen) atoms. The third-order valence-corrected chi connectivity index (χ3v) is 5.87. The number of hydrogen-bond donors (Lipinski definition) is 0. The van der Waals surface area contributed by atoms with Crippen LogP contribution in [-0.4, -0.2) is 80.6 Å². The third-order valence-electron chi connectivity index (χ3n) is 5.87. The first kappa shape index (κ1) is 20.0. The van der Waals surface area contributed by atoms with E-state index in [2.05, 4.69) is 21.7 Å². The molecule has 1 amide bonds. The van der Waals surface area contributed by atoms with Crippen molar-refractivity contribution in [2.75, 3.05) is 54.0 Å². The Balaban J connectivity index is 1.56. The molecule has 1 aromatic carbocycles. The van der Waals surface area contributed by atoms with E-state index < -0.39 is 0 Å². The average molecular weight is 376 g/mol. The average Bonchev–Trinajstić information content (AvgIpc) is 2.92. The standard InChI is InChI=1S/C21H33N3O3/c1-22-10-6-4-5-7-19(22)21(25)24-13-11-23(12-14-24)16-17-15-18(26-2)8-9-20(17)27-3/h8-9,15,19H,4-7,10-14,16H2,1-3H3. The summed E-state index contributed by atoms with van der Waals surface area (Å²) in [6.07, 6.45) is 4.60. The summed E-state index contributed by atoms with van der Waals surface area (Å²) < 4.78 is 10.8. The minimum absolute atomic E-state index is 0.0672. The molecule has 2 saturated heterocycles. The van der Waals surface area contributed by atoms with Gasteiger partial charge in [0, 0.05) is 38.3 Å². The molecule has 6 nitrogen and oxygen atoms in total. The van der Waals surface area contributed by atoms with Gasteiger partial charge in [-0.2, -0.15) is 0 Å². The highest BCUT2D eigenvalue weighted by Gasteiger charge is 2.30. The number of amides is 1. The van der Waals surface area contributed by atoms with Gasteiger partial charge in [-0.15, -0.1) is 0 Å². The second-order valence-electron chi connectivity index (χ2n) is 7.62. The van der Waals surface area contributed by atoms with Gasteiger partial charge in [0.05, 0.1) is 20.3 Å². The Kier molecular flexibility index (Phi) is 6.96. The van der Waals surface area contributed by atoms with Gasteiger partial charge in [-0.1, -0.05) is 12.8 Å².